The Morgan fingerprint density at radius 3 is 2.50 bits per heavy atom. The van der Waals surface area contributed by atoms with Crippen molar-refractivity contribution in [3.63, 3.8) is 0 Å². The van der Waals surface area contributed by atoms with E-state index < -0.39 is 5.44 Å². The number of aliphatic imine (C=N–C) groups is 1. The highest BCUT2D eigenvalue weighted by Crippen LogP contribution is 2.04. The Balaban J connectivity index is 3.39. The molecule has 8 heavy (non-hydrogen) atoms. The molecule has 1 atom stereocenters. The molecular formula is C4H10N2OS. The molecule has 0 aliphatic heterocycles. The van der Waals surface area contributed by atoms with Crippen LogP contribution in [0.4, 0.5) is 0 Å². The van der Waals surface area contributed by atoms with E-state index in [0.717, 1.165) is 11.8 Å². The first kappa shape index (κ1) is 7.78. The summed E-state index contributed by atoms with van der Waals surface area (Å²) in [5, 5.41) is 9.07. The first-order valence-electron chi connectivity index (χ1n) is 2.23. The summed E-state index contributed by atoms with van der Waals surface area (Å²) in [4.78, 5) is 3.63. The summed E-state index contributed by atoms with van der Waals surface area (Å²) >= 11 is 1.14. The van der Waals surface area contributed by atoms with Gasteiger partial charge >= 0.3 is 0 Å². The Labute approximate surface area is 53.0 Å². The molecule has 0 fully saturated rings. The molecule has 0 aromatic heterocycles. The first-order chi connectivity index (χ1) is 3.66. The lowest BCUT2D eigenvalue weighted by Crippen LogP contribution is -2.10. The van der Waals surface area contributed by atoms with Crippen molar-refractivity contribution in [1.82, 2.24) is 0 Å². The van der Waals surface area contributed by atoms with Crippen LogP contribution in [0.25, 0.3) is 0 Å². The zero-order valence-electron chi connectivity index (χ0n) is 4.96. The number of nitrogens with zero attached hydrogens (tertiary/aromatic N) is 1. The van der Waals surface area contributed by atoms with Crippen molar-refractivity contribution >= 4 is 16.9 Å². The van der Waals surface area contributed by atoms with Crippen LogP contribution in [0.15, 0.2) is 4.99 Å². The summed E-state index contributed by atoms with van der Waals surface area (Å²) in [6.45, 7) is 1.64. The van der Waals surface area contributed by atoms with E-state index in [0.29, 0.717) is 5.17 Å². The van der Waals surface area contributed by atoms with E-state index in [1.165, 1.54) is 0 Å². The van der Waals surface area contributed by atoms with Crippen LogP contribution in [0.3, 0.4) is 0 Å². The number of nitrogens with two attached hydrogens (primary N) is 1. The van der Waals surface area contributed by atoms with E-state index in [-0.39, 0.29) is 0 Å². The molecule has 0 aromatic carbocycles. The van der Waals surface area contributed by atoms with Gasteiger partial charge in [0.15, 0.2) is 5.17 Å². The number of hydrogen-bond acceptors (Lipinski definition) is 3. The molecule has 3 nitrogen and oxygen atoms in total. The molecule has 0 spiro atoms. The highest BCUT2D eigenvalue weighted by atomic mass is 32.2. The van der Waals surface area contributed by atoms with E-state index in [1.807, 2.05) is 0 Å². The van der Waals surface area contributed by atoms with Gasteiger partial charge < -0.3 is 10.8 Å². The third-order valence-electron chi connectivity index (χ3n) is 0.512. The van der Waals surface area contributed by atoms with Gasteiger partial charge in [-0.15, -0.1) is 0 Å². The topological polar surface area (TPSA) is 58.6 Å². The second kappa shape index (κ2) is 3.74. The van der Waals surface area contributed by atoms with Gasteiger partial charge in [-0.1, -0.05) is 11.8 Å². The van der Waals surface area contributed by atoms with Gasteiger partial charge in [0.1, 0.15) is 5.44 Å². The van der Waals surface area contributed by atoms with Crippen molar-refractivity contribution in [2.45, 2.75) is 12.4 Å². The lowest BCUT2D eigenvalue weighted by molar-refractivity contribution is 0.285. The Kier molecular flexibility index (Phi) is 3.64. The fourth-order valence-corrected chi connectivity index (χ4v) is 0.682. The zero-order valence-corrected chi connectivity index (χ0v) is 5.77. The quantitative estimate of drug-likeness (QED) is 0.301. The molecule has 0 aliphatic carbocycles. The predicted molar refractivity (Wildman–Crippen MR) is 36.8 cm³/mol. The molecule has 0 aliphatic rings. The van der Waals surface area contributed by atoms with Crippen LogP contribution < -0.4 is 5.73 Å². The predicted octanol–water partition coefficient (Wildman–Crippen LogP) is 0.00240. The normalized spacial score (nSPS) is 16.1. The summed E-state index contributed by atoms with van der Waals surface area (Å²) < 4.78 is 0. The minimum atomic E-state index is -0.460. The number of rotatable bonds is 1. The zero-order chi connectivity index (χ0) is 6.57. The SMILES string of the molecule is CN=C(N)SC(C)O. The average molecular weight is 134 g/mol. The molecule has 0 amide bonds. The molecular weight excluding hydrogens is 124 g/mol. The molecule has 0 rings (SSSR count). The van der Waals surface area contributed by atoms with Crippen LogP contribution in [0.1, 0.15) is 6.92 Å². The van der Waals surface area contributed by atoms with Crippen molar-refractivity contribution in [2.24, 2.45) is 10.7 Å². The van der Waals surface area contributed by atoms with Gasteiger partial charge in [0, 0.05) is 7.05 Å². The summed E-state index contributed by atoms with van der Waals surface area (Å²) in [5.74, 6) is 0. The third-order valence-corrected chi connectivity index (χ3v) is 1.28. The lowest BCUT2D eigenvalue weighted by Gasteiger charge is -1.99. The molecule has 48 valence electrons. The Hall–Kier alpha value is -0.220. The van der Waals surface area contributed by atoms with E-state index in [9.17, 15) is 0 Å². The summed E-state index contributed by atoms with van der Waals surface area (Å²) in [5.41, 5.74) is 4.77. The Bertz CT molecular complexity index is 92.0. The average Bonchev–Trinajstić information content (AvgIpc) is 1.65. The van der Waals surface area contributed by atoms with Crippen molar-refractivity contribution in [3.05, 3.63) is 0 Å². The maximum atomic E-state index is 8.66. The Morgan fingerprint density at radius 2 is 2.38 bits per heavy atom. The largest absolute Gasteiger partial charge is 0.382 e. The molecule has 3 N–H and O–H groups in total. The van der Waals surface area contributed by atoms with E-state index in [1.54, 1.807) is 14.0 Å². The molecule has 0 saturated heterocycles. The van der Waals surface area contributed by atoms with Crippen molar-refractivity contribution in [2.75, 3.05) is 7.05 Å². The number of amidine groups is 1. The molecule has 0 saturated carbocycles. The van der Waals surface area contributed by atoms with Crippen molar-refractivity contribution < 1.29 is 5.11 Å². The minimum Gasteiger partial charge on any atom is -0.382 e. The number of aliphatic hydroxyl groups excluding tert-OH is 1. The van der Waals surface area contributed by atoms with Gasteiger partial charge in [-0.2, -0.15) is 0 Å². The van der Waals surface area contributed by atoms with Crippen LogP contribution in [0, 0.1) is 0 Å². The van der Waals surface area contributed by atoms with Gasteiger partial charge in [0.25, 0.3) is 0 Å². The van der Waals surface area contributed by atoms with Crippen LogP contribution in [0.5, 0.6) is 0 Å². The summed E-state index contributed by atoms with van der Waals surface area (Å²) in [7, 11) is 1.59. The summed E-state index contributed by atoms with van der Waals surface area (Å²) in [6.07, 6.45) is 0. The van der Waals surface area contributed by atoms with Gasteiger partial charge in [0.2, 0.25) is 0 Å². The van der Waals surface area contributed by atoms with Gasteiger partial charge in [-0.3, -0.25) is 4.99 Å². The number of aliphatic hydroxyl groups is 1. The second-order valence-electron chi connectivity index (χ2n) is 1.28. The maximum Gasteiger partial charge on any atom is 0.156 e. The minimum absolute atomic E-state index is 0.417. The standard InChI is InChI=1S/C4H10N2OS/c1-3(7)8-4(5)6-2/h3,7H,1-2H3,(H2,5,6). The van der Waals surface area contributed by atoms with Gasteiger partial charge in [-0.05, 0) is 6.92 Å². The van der Waals surface area contributed by atoms with Gasteiger partial charge in [-0.25, -0.2) is 0 Å². The van der Waals surface area contributed by atoms with Crippen LogP contribution >= 0.6 is 11.8 Å². The fourth-order valence-electron chi connectivity index (χ4n) is 0.227. The molecule has 0 radical (unpaired) electrons. The number of thioether (sulfide) groups is 1. The van der Waals surface area contributed by atoms with E-state index in [4.69, 9.17) is 10.8 Å². The second-order valence-corrected chi connectivity index (χ2v) is 2.62. The van der Waals surface area contributed by atoms with Crippen LogP contribution in [-0.2, 0) is 0 Å². The van der Waals surface area contributed by atoms with Crippen molar-refractivity contribution in [3.8, 4) is 0 Å². The van der Waals surface area contributed by atoms with E-state index >= 15 is 0 Å². The maximum absolute atomic E-state index is 8.66. The monoisotopic (exact) mass is 134 g/mol. The highest BCUT2D eigenvalue weighted by molar-refractivity contribution is 8.14. The van der Waals surface area contributed by atoms with Crippen LogP contribution in [0.2, 0.25) is 0 Å². The molecule has 0 heterocycles. The lowest BCUT2D eigenvalue weighted by atomic mass is 10.9. The fraction of sp³-hybridized carbons (Fsp3) is 0.750. The first-order valence-corrected chi connectivity index (χ1v) is 3.11. The third kappa shape index (κ3) is 3.95. The molecule has 4 heteroatoms. The van der Waals surface area contributed by atoms with Gasteiger partial charge in [0.05, 0.1) is 0 Å². The Morgan fingerprint density at radius 1 is 1.88 bits per heavy atom. The van der Waals surface area contributed by atoms with Crippen molar-refractivity contribution in [1.29, 1.82) is 0 Å². The summed E-state index contributed by atoms with van der Waals surface area (Å²) in [6, 6.07) is 0. The van der Waals surface area contributed by atoms with Crippen LogP contribution in [-0.4, -0.2) is 22.8 Å². The number of hydrogen-bond donors (Lipinski definition) is 2. The molecule has 0 bridgehead atoms. The smallest absolute Gasteiger partial charge is 0.156 e. The van der Waals surface area contributed by atoms with E-state index in [2.05, 4.69) is 4.99 Å². The molecule has 1 unspecified atom stereocenters. The molecule has 0 aromatic rings. The highest BCUT2D eigenvalue weighted by Gasteiger charge is 1.96.